The highest BCUT2D eigenvalue weighted by Crippen LogP contribution is 2.27. The van der Waals surface area contributed by atoms with Crippen LogP contribution in [0.15, 0.2) is 35.1 Å². The summed E-state index contributed by atoms with van der Waals surface area (Å²) in [6.07, 6.45) is 0. The lowest BCUT2D eigenvalue weighted by Crippen LogP contribution is -2.15. The van der Waals surface area contributed by atoms with Gasteiger partial charge in [-0.3, -0.25) is 4.79 Å². The van der Waals surface area contributed by atoms with Crippen molar-refractivity contribution in [2.24, 2.45) is 0 Å². The van der Waals surface area contributed by atoms with Gasteiger partial charge in [-0.05, 0) is 23.5 Å². The van der Waals surface area contributed by atoms with E-state index in [0.29, 0.717) is 11.5 Å². The van der Waals surface area contributed by atoms with Gasteiger partial charge >= 0.3 is 0 Å². The molecule has 0 bridgehead atoms. The fourth-order valence-electron chi connectivity index (χ4n) is 1.97. The molecule has 108 valence electrons. The van der Waals surface area contributed by atoms with E-state index < -0.39 is 5.56 Å². The molecule has 0 radical (unpaired) electrons. The Morgan fingerprint density at radius 3 is 2.62 bits per heavy atom. The molecule has 8 heteroatoms. The molecule has 21 heavy (non-hydrogen) atoms. The third-order valence-electron chi connectivity index (χ3n) is 2.85. The highest BCUT2D eigenvalue weighted by atomic mass is 35.5. The number of benzene rings is 1. The fraction of sp³-hybridized carbons (Fsp3) is 0.154. The SMILES string of the molecule is CCSn1c(-c2ccccc2)nc2c(=O)n(Cl)c(Cl)nc21. The van der Waals surface area contributed by atoms with Crippen LogP contribution in [0.1, 0.15) is 6.92 Å². The van der Waals surface area contributed by atoms with Crippen LogP contribution >= 0.6 is 35.3 Å². The zero-order valence-corrected chi connectivity index (χ0v) is 13.3. The minimum atomic E-state index is -0.473. The van der Waals surface area contributed by atoms with E-state index in [1.54, 1.807) is 0 Å². The topological polar surface area (TPSA) is 52.7 Å². The molecule has 0 amide bonds. The van der Waals surface area contributed by atoms with Crippen molar-refractivity contribution in [3.63, 3.8) is 0 Å². The molecule has 0 saturated carbocycles. The predicted molar refractivity (Wildman–Crippen MR) is 87.0 cm³/mol. The molecular formula is C13H10Cl2N4OS. The maximum Gasteiger partial charge on any atom is 0.297 e. The standard InChI is InChI=1S/C13H10Cl2N4OS/c1-2-21-19-10(8-6-4-3-5-7-8)16-9-11(19)17-13(14)18(15)12(9)20/h3-7H,2H2,1H3. The largest absolute Gasteiger partial charge is 0.297 e. The van der Waals surface area contributed by atoms with Crippen LogP contribution in [0.3, 0.4) is 0 Å². The van der Waals surface area contributed by atoms with E-state index in [1.807, 2.05) is 41.2 Å². The monoisotopic (exact) mass is 340 g/mol. The molecule has 3 rings (SSSR count). The molecule has 0 N–H and O–H groups in total. The molecule has 0 fully saturated rings. The number of halogens is 2. The summed E-state index contributed by atoms with van der Waals surface area (Å²) in [5.74, 6) is 1.45. The van der Waals surface area contributed by atoms with Gasteiger partial charge in [-0.15, -0.1) is 0 Å². The van der Waals surface area contributed by atoms with E-state index in [1.165, 1.54) is 11.9 Å². The second-order valence-electron chi connectivity index (χ2n) is 4.15. The number of imidazole rings is 1. The van der Waals surface area contributed by atoms with Crippen LogP contribution < -0.4 is 5.56 Å². The summed E-state index contributed by atoms with van der Waals surface area (Å²) in [4.78, 5) is 20.8. The Morgan fingerprint density at radius 1 is 1.24 bits per heavy atom. The van der Waals surface area contributed by atoms with Gasteiger partial charge in [-0.2, -0.15) is 9.07 Å². The smallest absolute Gasteiger partial charge is 0.265 e. The summed E-state index contributed by atoms with van der Waals surface area (Å²) >= 11 is 13.2. The van der Waals surface area contributed by atoms with Crippen molar-refractivity contribution in [3.8, 4) is 11.4 Å². The van der Waals surface area contributed by atoms with Gasteiger partial charge < -0.3 is 0 Å². The normalized spacial score (nSPS) is 11.2. The maximum absolute atomic E-state index is 12.2. The van der Waals surface area contributed by atoms with Crippen molar-refractivity contribution >= 4 is 46.5 Å². The summed E-state index contributed by atoms with van der Waals surface area (Å²) in [6.45, 7) is 2.01. The Kier molecular flexibility index (Phi) is 3.93. The Balaban J connectivity index is 2.38. The first-order valence-corrected chi connectivity index (χ1v) is 7.85. The zero-order valence-electron chi connectivity index (χ0n) is 11.0. The lowest BCUT2D eigenvalue weighted by Gasteiger charge is -2.06. The summed E-state index contributed by atoms with van der Waals surface area (Å²) < 4.78 is 2.58. The number of rotatable bonds is 3. The van der Waals surface area contributed by atoms with E-state index in [0.717, 1.165) is 15.4 Å². The number of hydrogen-bond acceptors (Lipinski definition) is 4. The van der Waals surface area contributed by atoms with E-state index in [2.05, 4.69) is 9.97 Å². The molecule has 0 aliphatic heterocycles. The van der Waals surface area contributed by atoms with Crippen LogP contribution in [-0.4, -0.2) is 23.8 Å². The van der Waals surface area contributed by atoms with Crippen LogP contribution in [0.4, 0.5) is 0 Å². The van der Waals surface area contributed by atoms with Crippen molar-refractivity contribution in [1.29, 1.82) is 0 Å². The highest BCUT2D eigenvalue weighted by Gasteiger charge is 2.19. The molecule has 2 heterocycles. The maximum atomic E-state index is 12.2. The van der Waals surface area contributed by atoms with Crippen molar-refractivity contribution in [1.82, 2.24) is 18.0 Å². The molecule has 0 atom stereocenters. The number of hydrogen-bond donors (Lipinski definition) is 0. The summed E-state index contributed by atoms with van der Waals surface area (Å²) in [5, 5.41) is -0.0772. The first-order chi connectivity index (χ1) is 10.1. The number of aromatic nitrogens is 4. The van der Waals surface area contributed by atoms with Gasteiger partial charge in [0.05, 0.1) is 0 Å². The molecule has 0 aliphatic rings. The van der Waals surface area contributed by atoms with Gasteiger partial charge in [0.25, 0.3) is 5.56 Å². The Labute approximate surface area is 134 Å². The molecule has 1 aromatic carbocycles. The fourth-order valence-corrected chi connectivity index (χ4v) is 3.02. The van der Waals surface area contributed by atoms with Gasteiger partial charge in [-0.1, -0.05) is 37.3 Å². The van der Waals surface area contributed by atoms with E-state index >= 15 is 0 Å². The van der Waals surface area contributed by atoms with Crippen molar-refractivity contribution in [3.05, 3.63) is 46.0 Å². The first-order valence-electron chi connectivity index (χ1n) is 6.19. The summed E-state index contributed by atoms with van der Waals surface area (Å²) in [6, 6.07) is 9.60. The van der Waals surface area contributed by atoms with Crippen LogP contribution in [0.5, 0.6) is 0 Å². The Hall–Kier alpha value is -1.50. The lowest BCUT2D eigenvalue weighted by atomic mass is 10.2. The van der Waals surface area contributed by atoms with Gasteiger partial charge in [0.15, 0.2) is 17.0 Å². The van der Waals surface area contributed by atoms with Gasteiger partial charge in [0.2, 0.25) is 5.28 Å². The Bertz CT molecular complexity index is 860. The predicted octanol–water partition coefficient (Wildman–Crippen LogP) is 3.43. The van der Waals surface area contributed by atoms with E-state index in [4.69, 9.17) is 23.4 Å². The molecule has 2 aromatic heterocycles. The van der Waals surface area contributed by atoms with E-state index in [-0.39, 0.29) is 10.8 Å². The zero-order chi connectivity index (χ0) is 15.0. The summed E-state index contributed by atoms with van der Waals surface area (Å²) in [7, 11) is 0. The summed E-state index contributed by atoms with van der Waals surface area (Å²) in [5.41, 5.74) is 1.05. The average molecular weight is 341 g/mol. The molecule has 0 aliphatic carbocycles. The van der Waals surface area contributed by atoms with Crippen LogP contribution in [-0.2, 0) is 0 Å². The van der Waals surface area contributed by atoms with Crippen molar-refractivity contribution < 1.29 is 0 Å². The number of fused-ring (bicyclic) bond motifs is 1. The molecule has 5 nitrogen and oxygen atoms in total. The Morgan fingerprint density at radius 2 is 1.95 bits per heavy atom. The number of nitrogens with zero attached hydrogens (tertiary/aromatic N) is 4. The van der Waals surface area contributed by atoms with Gasteiger partial charge in [-0.25, -0.2) is 8.96 Å². The first kappa shape index (κ1) is 14.4. The van der Waals surface area contributed by atoms with Crippen molar-refractivity contribution in [2.75, 3.05) is 5.75 Å². The van der Waals surface area contributed by atoms with Gasteiger partial charge in [0, 0.05) is 23.1 Å². The lowest BCUT2D eigenvalue weighted by molar-refractivity contribution is 1.07. The molecule has 0 saturated heterocycles. The van der Waals surface area contributed by atoms with E-state index in [9.17, 15) is 4.79 Å². The quantitative estimate of drug-likeness (QED) is 0.685. The van der Waals surface area contributed by atoms with Crippen molar-refractivity contribution in [2.45, 2.75) is 6.92 Å². The van der Waals surface area contributed by atoms with Gasteiger partial charge in [0.1, 0.15) is 0 Å². The van der Waals surface area contributed by atoms with Crippen LogP contribution in [0.25, 0.3) is 22.6 Å². The molecular weight excluding hydrogens is 331 g/mol. The molecule has 0 spiro atoms. The molecule has 0 unspecified atom stereocenters. The van der Waals surface area contributed by atoms with Crippen LogP contribution in [0.2, 0.25) is 5.28 Å². The second-order valence-corrected chi connectivity index (χ2v) is 6.03. The second kappa shape index (κ2) is 5.71. The third-order valence-corrected chi connectivity index (χ3v) is 4.36. The highest BCUT2D eigenvalue weighted by molar-refractivity contribution is 7.98. The third kappa shape index (κ3) is 2.43. The van der Waals surface area contributed by atoms with Crippen LogP contribution in [0, 0.1) is 0 Å². The minimum absolute atomic E-state index is 0.0772. The molecule has 3 aromatic rings. The minimum Gasteiger partial charge on any atom is -0.265 e. The average Bonchev–Trinajstić information content (AvgIpc) is 2.85.